The van der Waals surface area contributed by atoms with Crippen LogP contribution in [0.5, 0.6) is 0 Å². The second kappa shape index (κ2) is 7.52. The molecule has 0 N–H and O–H groups in total. The lowest BCUT2D eigenvalue weighted by Crippen LogP contribution is -2.40. The molecule has 0 aromatic rings. The van der Waals surface area contributed by atoms with Gasteiger partial charge in [0.15, 0.2) is 0 Å². The second-order valence-corrected chi connectivity index (χ2v) is 5.26. The molecule has 0 aliphatic heterocycles. The Balaban J connectivity index is 4.61. The minimum atomic E-state index is -5.78. The van der Waals surface area contributed by atoms with Crippen molar-refractivity contribution < 1.29 is 40.1 Å². The van der Waals surface area contributed by atoms with E-state index in [0.717, 1.165) is 0 Å². The van der Waals surface area contributed by atoms with Crippen molar-refractivity contribution in [3.05, 3.63) is 0 Å². The van der Waals surface area contributed by atoms with Crippen LogP contribution in [0.15, 0.2) is 0 Å². The predicted octanol–water partition coefficient (Wildman–Crippen LogP) is 4.16. The zero-order valence-electron chi connectivity index (χ0n) is 10.5. The van der Waals surface area contributed by atoms with E-state index in [-0.39, 0.29) is 13.2 Å². The van der Waals surface area contributed by atoms with Crippen LogP contribution in [0.1, 0.15) is 26.7 Å². The van der Waals surface area contributed by atoms with Gasteiger partial charge in [-0.1, -0.05) is 13.8 Å². The SMILES string of the molecule is CCCOP(=O)(OCCC)OCC(F)(F)C(F)(F)F. The quantitative estimate of drug-likeness (QED) is 0.473. The molecule has 0 fully saturated rings. The Morgan fingerprint density at radius 1 is 0.895 bits per heavy atom. The molecule has 0 unspecified atom stereocenters. The van der Waals surface area contributed by atoms with Gasteiger partial charge in [-0.2, -0.15) is 22.0 Å². The smallest absolute Gasteiger partial charge is 0.287 e. The van der Waals surface area contributed by atoms with E-state index in [2.05, 4.69) is 13.6 Å². The summed E-state index contributed by atoms with van der Waals surface area (Å²) in [5, 5.41) is 0. The Kier molecular flexibility index (Phi) is 7.42. The molecule has 0 bridgehead atoms. The molecule has 0 radical (unpaired) electrons. The summed E-state index contributed by atoms with van der Waals surface area (Å²) in [6, 6.07) is 0. The van der Waals surface area contributed by atoms with E-state index in [1.165, 1.54) is 0 Å². The summed E-state index contributed by atoms with van der Waals surface area (Å²) in [5.41, 5.74) is 0. The van der Waals surface area contributed by atoms with Gasteiger partial charge in [0.2, 0.25) is 0 Å². The van der Waals surface area contributed by atoms with Crippen LogP contribution in [-0.2, 0) is 18.1 Å². The van der Waals surface area contributed by atoms with Crippen molar-refractivity contribution in [2.75, 3.05) is 19.8 Å². The molecule has 0 spiro atoms. The molecule has 0 rings (SSSR count). The van der Waals surface area contributed by atoms with E-state index in [0.29, 0.717) is 12.8 Å². The van der Waals surface area contributed by atoms with Crippen LogP contribution in [0.3, 0.4) is 0 Å². The first kappa shape index (κ1) is 18.8. The Labute approximate surface area is 107 Å². The third-order valence-corrected chi connectivity index (χ3v) is 3.17. The molecule has 4 nitrogen and oxygen atoms in total. The van der Waals surface area contributed by atoms with Gasteiger partial charge in [0.25, 0.3) is 0 Å². The summed E-state index contributed by atoms with van der Waals surface area (Å²) >= 11 is 0. The number of alkyl halides is 5. The molecule has 0 aromatic carbocycles. The number of halogens is 5. The Morgan fingerprint density at radius 2 is 1.32 bits per heavy atom. The van der Waals surface area contributed by atoms with Crippen LogP contribution in [0.4, 0.5) is 22.0 Å². The average Bonchev–Trinajstić information content (AvgIpc) is 2.30. The predicted molar refractivity (Wildman–Crippen MR) is 57.0 cm³/mol. The largest absolute Gasteiger partial charge is 0.474 e. The highest BCUT2D eigenvalue weighted by atomic mass is 31.2. The molecule has 0 heterocycles. The van der Waals surface area contributed by atoms with E-state index in [9.17, 15) is 26.5 Å². The van der Waals surface area contributed by atoms with Crippen molar-refractivity contribution in [3.8, 4) is 0 Å². The van der Waals surface area contributed by atoms with Gasteiger partial charge in [-0.25, -0.2) is 4.57 Å². The van der Waals surface area contributed by atoms with E-state index >= 15 is 0 Å². The van der Waals surface area contributed by atoms with E-state index in [4.69, 9.17) is 0 Å². The molecule has 0 atom stereocenters. The van der Waals surface area contributed by atoms with Gasteiger partial charge in [-0.3, -0.25) is 13.6 Å². The monoisotopic (exact) mass is 314 g/mol. The normalized spacial score (nSPS) is 13.8. The second-order valence-electron chi connectivity index (χ2n) is 3.59. The molecule has 0 amide bonds. The van der Waals surface area contributed by atoms with Gasteiger partial charge >= 0.3 is 19.9 Å². The Bertz CT molecular complexity index is 295. The summed E-state index contributed by atoms with van der Waals surface area (Å²) in [7, 11) is -4.40. The molecule has 0 aromatic heterocycles. The highest BCUT2D eigenvalue weighted by Crippen LogP contribution is 2.51. The van der Waals surface area contributed by atoms with Gasteiger partial charge in [0, 0.05) is 0 Å². The van der Waals surface area contributed by atoms with Gasteiger partial charge in [-0.15, -0.1) is 0 Å². The number of phosphoric acid groups is 1. The van der Waals surface area contributed by atoms with Crippen molar-refractivity contribution in [1.29, 1.82) is 0 Å². The molecule has 0 saturated heterocycles. The van der Waals surface area contributed by atoms with E-state index < -0.39 is 26.5 Å². The van der Waals surface area contributed by atoms with Crippen LogP contribution in [0.2, 0.25) is 0 Å². The fourth-order valence-electron chi connectivity index (χ4n) is 0.760. The summed E-state index contributed by atoms with van der Waals surface area (Å²) in [6.45, 7) is 0.876. The van der Waals surface area contributed by atoms with Crippen molar-refractivity contribution >= 4 is 7.82 Å². The molecule has 0 saturated carbocycles. The summed E-state index contributed by atoms with van der Waals surface area (Å²) in [6.07, 6.45) is -5.04. The summed E-state index contributed by atoms with van der Waals surface area (Å²) < 4.78 is 86.0. The Hall–Kier alpha value is -0.240. The lowest BCUT2D eigenvalue weighted by Gasteiger charge is -2.22. The minimum absolute atomic E-state index is 0.140. The highest BCUT2D eigenvalue weighted by Gasteiger charge is 2.58. The van der Waals surface area contributed by atoms with Gasteiger partial charge in [0.1, 0.15) is 6.61 Å². The standard InChI is InChI=1S/C9H16F5O4P/c1-3-5-16-19(15,17-6-4-2)18-7-8(10,11)9(12,13)14/h3-7H2,1-2H3. The molecule has 19 heavy (non-hydrogen) atoms. The zero-order valence-corrected chi connectivity index (χ0v) is 11.4. The number of rotatable bonds is 9. The van der Waals surface area contributed by atoms with Crippen LogP contribution in [0.25, 0.3) is 0 Å². The fraction of sp³-hybridized carbons (Fsp3) is 1.00. The third-order valence-electron chi connectivity index (χ3n) is 1.73. The average molecular weight is 314 g/mol. The van der Waals surface area contributed by atoms with Crippen LogP contribution < -0.4 is 0 Å². The molecule has 10 heteroatoms. The maximum Gasteiger partial charge on any atom is 0.474 e. The van der Waals surface area contributed by atoms with Crippen LogP contribution in [-0.4, -0.2) is 31.9 Å². The van der Waals surface area contributed by atoms with Gasteiger partial charge < -0.3 is 0 Å². The number of hydrogen-bond donors (Lipinski definition) is 0. The minimum Gasteiger partial charge on any atom is -0.287 e. The molecule has 0 aliphatic rings. The third kappa shape index (κ3) is 6.65. The highest BCUT2D eigenvalue weighted by molar-refractivity contribution is 7.48. The Morgan fingerprint density at radius 3 is 1.63 bits per heavy atom. The van der Waals surface area contributed by atoms with Crippen molar-refractivity contribution in [3.63, 3.8) is 0 Å². The van der Waals surface area contributed by atoms with Gasteiger partial charge in [-0.05, 0) is 12.8 Å². The summed E-state index contributed by atoms with van der Waals surface area (Å²) in [4.78, 5) is 0. The molecule has 116 valence electrons. The molecule has 0 aliphatic carbocycles. The fourth-order valence-corrected chi connectivity index (χ4v) is 2.12. The maximum absolute atomic E-state index is 12.6. The zero-order chi connectivity index (χ0) is 15.2. The first-order chi connectivity index (χ1) is 8.58. The van der Waals surface area contributed by atoms with Crippen LogP contribution >= 0.6 is 7.82 Å². The summed E-state index contributed by atoms with van der Waals surface area (Å²) in [5.74, 6) is -5.12. The van der Waals surface area contributed by atoms with E-state index in [1.54, 1.807) is 13.8 Å². The molecular formula is C9H16F5O4P. The van der Waals surface area contributed by atoms with Gasteiger partial charge in [0.05, 0.1) is 13.2 Å². The molecular weight excluding hydrogens is 298 g/mol. The number of hydrogen-bond acceptors (Lipinski definition) is 4. The van der Waals surface area contributed by atoms with Crippen molar-refractivity contribution in [1.82, 2.24) is 0 Å². The van der Waals surface area contributed by atoms with Crippen molar-refractivity contribution in [2.45, 2.75) is 38.8 Å². The van der Waals surface area contributed by atoms with Crippen LogP contribution in [0, 0.1) is 0 Å². The van der Waals surface area contributed by atoms with E-state index in [1.807, 2.05) is 0 Å². The first-order valence-electron chi connectivity index (χ1n) is 5.56. The lowest BCUT2D eigenvalue weighted by atomic mass is 10.3. The van der Waals surface area contributed by atoms with Crippen molar-refractivity contribution in [2.24, 2.45) is 0 Å². The lowest BCUT2D eigenvalue weighted by molar-refractivity contribution is -0.291. The topological polar surface area (TPSA) is 44.8 Å². The number of phosphoric ester groups is 1. The maximum atomic E-state index is 12.6. The first-order valence-corrected chi connectivity index (χ1v) is 7.02.